The molecular formula is C33H48O6. The first-order chi connectivity index (χ1) is 18.6. The van der Waals surface area contributed by atoms with Crippen molar-refractivity contribution in [3.63, 3.8) is 0 Å². The Kier molecular flexibility index (Phi) is 17.7. The quantitative estimate of drug-likeness (QED) is 0.206. The highest BCUT2D eigenvalue weighted by Crippen LogP contribution is 2.17. The Hall–Kier alpha value is -2.77. The lowest BCUT2D eigenvalue weighted by Gasteiger charge is -2.21. The van der Waals surface area contributed by atoms with Crippen LogP contribution in [0, 0.1) is 5.92 Å². The third kappa shape index (κ3) is 17.4. The number of hydrogen-bond acceptors (Lipinski definition) is 6. The van der Waals surface area contributed by atoms with Crippen LogP contribution in [0.1, 0.15) is 65.2 Å². The van der Waals surface area contributed by atoms with E-state index in [1.807, 2.05) is 62.5 Å². The summed E-state index contributed by atoms with van der Waals surface area (Å²) in [5, 5.41) is 41.2. The summed E-state index contributed by atoms with van der Waals surface area (Å²) in [7, 11) is 0. The molecule has 0 amide bonds. The Labute approximate surface area is 234 Å². The standard InChI is InChI=1S/C33H48O6/c1-5-6-7-9-13-25(2)18-21-32-27(4)19-20-28(34)15-10-8-11-16-29(35)22-26(3)14-12-17-30(36)23-31(37)24-33(38)39-32/h5,7-10,12-13,17-21,27-32,34-37H,1,3,6,11,14-16,22-24H2,2,4H3/b9-7-,10-8+,17-12+,20-19+,21-18+,25-13-/t27-,28+,29+,30-,31+,32+/m1/s1. The lowest BCUT2D eigenvalue weighted by Crippen LogP contribution is -2.26. The molecule has 0 aromatic heterocycles. The second-order valence-corrected chi connectivity index (χ2v) is 10.2. The van der Waals surface area contributed by atoms with Gasteiger partial charge in [-0.1, -0.05) is 91.5 Å². The summed E-state index contributed by atoms with van der Waals surface area (Å²) in [6, 6.07) is 0. The number of hydrogen-bond donors (Lipinski definition) is 4. The summed E-state index contributed by atoms with van der Waals surface area (Å²) in [6.07, 6.45) is 21.4. The highest BCUT2D eigenvalue weighted by Gasteiger charge is 2.21. The highest BCUT2D eigenvalue weighted by atomic mass is 16.5. The minimum atomic E-state index is -1.07. The van der Waals surface area contributed by atoms with Crippen molar-refractivity contribution in [3.8, 4) is 0 Å². The second-order valence-electron chi connectivity index (χ2n) is 10.2. The van der Waals surface area contributed by atoms with Crippen molar-refractivity contribution < 1.29 is 30.0 Å². The molecule has 6 heteroatoms. The predicted molar refractivity (Wildman–Crippen MR) is 159 cm³/mol. The van der Waals surface area contributed by atoms with Gasteiger partial charge in [0.1, 0.15) is 6.10 Å². The van der Waals surface area contributed by atoms with Gasteiger partial charge in [0.15, 0.2) is 0 Å². The number of allylic oxidation sites excluding steroid dienone is 8. The zero-order chi connectivity index (χ0) is 29.0. The SMILES string of the molecule is C=CC\C=C/C=C(C)\C=C\[C@@H]1OC(=O)C[C@@H](O)C[C@H](O)/C=C/CC(=C)C[C@@H](O)CC/C=C/C[C@H](O)/C=C/[C@H]1C. The second kappa shape index (κ2) is 20.2. The Morgan fingerprint density at radius 3 is 2.56 bits per heavy atom. The van der Waals surface area contributed by atoms with Crippen molar-refractivity contribution in [1.82, 2.24) is 0 Å². The number of carbonyl (C=O) groups is 1. The molecule has 0 spiro atoms. The number of rotatable bonds is 5. The van der Waals surface area contributed by atoms with Crippen LogP contribution in [-0.2, 0) is 9.53 Å². The Morgan fingerprint density at radius 1 is 1.05 bits per heavy atom. The number of esters is 1. The molecule has 4 N–H and O–H groups in total. The van der Waals surface area contributed by atoms with Crippen LogP contribution in [0.3, 0.4) is 0 Å². The van der Waals surface area contributed by atoms with Crippen molar-refractivity contribution in [1.29, 1.82) is 0 Å². The fourth-order valence-corrected chi connectivity index (χ4v) is 3.90. The summed E-state index contributed by atoms with van der Waals surface area (Å²) < 4.78 is 5.71. The van der Waals surface area contributed by atoms with Gasteiger partial charge in [-0.2, -0.15) is 0 Å². The van der Waals surface area contributed by atoms with Crippen LogP contribution in [0.15, 0.2) is 97.2 Å². The summed E-state index contributed by atoms with van der Waals surface area (Å²) in [5.41, 5.74) is 1.81. The normalized spacial score (nSPS) is 32.2. The Balaban J connectivity index is 3.05. The number of aliphatic hydroxyl groups is 4. The molecule has 0 bridgehead atoms. The molecule has 1 heterocycles. The van der Waals surface area contributed by atoms with Gasteiger partial charge in [-0.15, -0.1) is 6.58 Å². The van der Waals surface area contributed by atoms with Crippen molar-refractivity contribution >= 4 is 5.97 Å². The average molecular weight is 541 g/mol. The Bertz CT molecular complexity index is 922. The fourth-order valence-electron chi connectivity index (χ4n) is 3.90. The summed E-state index contributed by atoms with van der Waals surface area (Å²) >= 11 is 0. The molecular weight excluding hydrogens is 492 g/mol. The van der Waals surface area contributed by atoms with Gasteiger partial charge >= 0.3 is 5.97 Å². The van der Waals surface area contributed by atoms with Gasteiger partial charge in [-0.3, -0.25) is 4.79 Å². The smallest absolute Gasteiger partial charge is 0.309 e. The maximum Gasteiger partial charge on any atom is 0.309 e. The first-order valence-electron chi connectivity index (χ1n) is 13.8. The molecule has 0 unspecified atom stereocenters. The molecule has 6 atom stereocenters. The van der Waals surface area contributed by atoms with Crippen molar-refractivity contribution in [3.05, 3.63) is 97.2 Å². The van der Waals surface area contributed by atoms with E-state index in [0.717, 1.165) is 17.6 Å². The largest absolute Gasteiger partial charge is 0.457 e. The van der Waals surface area contributed by atoms with Crippen LogP contribution in [-0.4, -0.2) is 56.9 Å². The van der Waals surface area contributed by atoms with Crippen LogP contribution in [0.4, 0.5) is 0 Å². The fraction of sp³-hybridized carbons (Fsp3) is 0.485. The van der Waals surface area contributed by atoms with Gasteiger partial charge < -0.3 is 25.2 Å². The maximum absolute atomic E-state index is 12.7. The van der Waals surface area contributed by atoms with Crippen molar-refractivity contribution in [2.45, 2.75) is 95.7 Å². The molecule has 0 fully saturated rings. The van der Waals surface area contributed by atoms with E-state index < -0.39 is 36.5 Å². The van der Waals surface area contributed by atoms with E-state index in [-0.39, 0.29) is 18.8 Å². The van der Waals surface area contributed by atoms with Crippen LogP contribution in [0.25, 0.3) is 0 Å². The molecule has 0 aliphatic carbocycles. The number of aliphatic hydroxyl groups excluding tert-OH is 4. The summed E-state index contributed by atoms with van der Waals surface area (Å²) in [4.78, 5) is 12.7. The number of carbonyl (C=O) groups excluding carboxylic acids is 1. The zero-order valence-corrected chi connectivity index (χ0v) is 23.6. The average Bonchev–Trinajstić information content (AvgIpc) is 2.86. The lowest BCUT2D eigenvalue weighted by atomic mass is 10.0. The molecule has 0 radical (unpaired) electrons. The number of ether oxygens (including phenoxy) is 1. The minimum absolute atomic E-state index is 0.00587. The molecule has 1 aliphatic rings. The lowest BCUT2D eigenvalue weighted by molar-refractivity contribution is -0.150. The van der Waals surface area contributed by atoms with Crippen LogP contribution >= 0.6 is 0 Å². The maximum atomic E-state index is 12.7. The van der Waals surface area contributed by atoms with Gasteiger partial charge in [0.05, 0.1) is 30.8 Å². The number of cyclic esters (lactones) is 1. The van der Waals surface area contributed by atoms with Gasteiger partial charge in [0, 0.05) is 12.3 Å². The third-order valence-corrected chi connectivity index (χ3v) is 6.19. The molecule has 0 aromatic rings. The van der Waals surface area contributed by atoms with E-state index in [4.69, 9.17) is 4.74 Å². The van der Waals surface area contributed by atoms with E-state index in [1.165, 1.54) is 0 Å². The molecule has 39 heavy (non-hydrogen) atoms. The molecule has 1 aliphatic heterocycles. The van der Waals surface area contributed by atoms with Gasteiger partial charge in [0.2, 0.25) is 0 Å². The van der Waals surface area contributed by atoms with E-state index in [1.54, 1.807) is 24.3 Å². The summed E-state index contributed by atoms with van der Waals surface area (Å²) in [5.74, 6) is -0.811. The predicted octanol–water partition coefficient (Wildman–Crippen LogP) is 5.58. The molecule has 1 rings (SSSR count). The monoisotopic (exact) mass is 540 g/mol. The van der Waals surface area contributed by atoms with Crippen molar-refractivity contribution in [2.24, 2.45) is 5.92 Å². The molecule has 0 saturated heterocycles. The third-order valence-electron chi connectivity index (χ3n) is 6.19. The first-order valence-corrected chi connectivity index (χ1v) is 13.8. The van der Waals surface area contributed by atoms with Crippen LogP contribution < -0.4 is 0 Å². The minimum Gasteiger partial charge on any atom is -0.457 e. The van der Waals surface area contributed by atoms with Gasteiger partial charge in [0.25, 0.3) is 0 Å². The molecule has 0 saturated carbocycles. The van der Waals surface area contributed by atoms with E-state index >= 15 is 0 Å². The van der Waals surface area contributed by atoms with Gasteiger partial charge in [-0.25, -0.2) is 0 Å². The summed E-state index contributed by atoms with van der Waals surface area (Å²) in [6.45, 7) is 11.5. The molecule has 0 aromatic carbocycles. The van der Waals surface area contributed by atoms with E-state index in [9.17, 15) is 25.2 Å². The van der Waals surface area contributed by atoms with E-state index in [0.29, 0.717) is 32.1 Å². The molecule has 216 valence electrons. The van der Waals surface area contributed by atoms with Gasteiger partial charge in [-0.05, 0) is 51.5 Å². The van der Waals surface area contributed by atoms with Crippen molar-refractivity contribution in [2.75, 3.05) is 0 Å². The topological polar surface area (TPSA) is 107 Å². The zero-order valence-electron chi connectivity index (χ0n) is 23.6. The molecule has 6 nitrogen and oxygen atoms in total. The van der Waals surface area contributed by atoms with Crippen LogP contribution in [0.5, 0.6) is 0 Å². The van der Waals surface area contributed by atoms with Crippen LogP contribution in [0.2, 0.25) is 0 Å². The van der Waals surface area contributed by atoms with E-state index in [2.05, 4.69) is 13.2 Å². The first kappa shape index (κ1) is 34.3. The highest BCUT2D eigenvalue weighted by molar-refractivity contribution is 5.70. The Morgan fingerprint density at radius 2 is 1.82 bits per heavy atom.